The summed E-state index contributed by atoms with van der Waals surface area (Å²) in [5, 5.41) is 0. The van der Waals surface area contributed by atoms with Gasteiger partial charge in [0.05, 0.1) is 12.1 Å². The molecular formula is C16H14F3NO. The van der Waals surface area contributed by atoms with E-state index >= 15 is 0 Å². The molecule has 21 heavy (non-hydrogen) atoms. The molecular weight excluding hydrogens is 279 g/mol. The van der Waals surface area contributed by atoms with Crippen LogP contribution in [0.4, 0.5) is 13.2 Å². The molecule has 2 nitrogen and oxygen atoms in total. The van der Waals surface area contributed by atoms with E-state index in [1.807, 2.05) is 0 Å². The molecule has 110 valence electrons. The average molecular weight is 293 g/mol. The first-order valence-electron chi connectivity index (χ1n) is 6.37. The molecule has 0 saturated heterocycles. The molecule has 2 aromatic rings. The van der Waals surface area contributed by atoms with Crippen LogP contribution in [0.2, 0.25) is 0 Å². The predicted molar refractivity (Wildman–Crippen MR) is 73.4 cm³/mol. The molecule has 0 unspecified atom stereocenters. The van der Waals surface area contributed by atoms with Crippen molar-refractivity contribution in [3.63, 3.8) is 0 Å². The highest BCUT2D eigenvalue weighted by atomic mass is 19.1. The minimum atomic E-state index is -0.763. The number of ketones is 1. The summed E-state index contributed by atoms with van der Waals surface area (Å²) in [7, 11) is 1.61. The van der Waals surface area contributed by atoms with Crippen molar-refractivity contribution in [1.29, 1.82) is 0 Å². The van der Waals surface area contributed by atoms with Crippen LogP contribution in [0.3, 0.4) is 0 Å². The second-order valence-corrected chi connectivity index (χ2v) is 4.81. The van der Waals surface area contributed by atoms with Crippen LogP contribution in [0.5, 0.6) is 0 Å². The third kappa shape index (κ3) is 3.92. The zero-order valence-electron chi connectivity index (χ0n) is 11.4. The highest BCUT2D eigenvalue weighted by Crippen LogP contribution is 2.13. The Morgan fingerprint density at radius 1 is 1.05 bits per heavy atom. The third-order valence-electron chi connectivity index (χ3n) is 3.04. The molecule has 0 aliphatic carbocycles. The zero-order chi connectivity index (χ0) is 15.4. The van der Waals surface area contributed by atoms with E-state index in [1.165, 1.54) is 6.07 Å². The van der Waals surface area contributed by atoms with Crippen LogP contribution < -0.4 is 0 Å². The number of carbonyl (C=O) groups excluding carboxylic acids is 1. The molecule has 0 amide bonds. The molecule has 0 atom stereocenters. The van der Waals surface area contributed by atoms with Gasteiger partial charge in [-0.1, -0.05) is 18.2 Å². The summed E-state index contributed by atoms with van der Waals surface area (Å²) in [6.07, 6.45) is 0. The SMILES string of the molecule is CN(CC(=O)c1cc(F)ccc1F)Cc1ccccc1F. The molecule has 0 saturated carbocycles. The number of likely N-dealkylation sites (N-methyl/N-ethyl adjacent to an activating group) is 1. The molecule has 0 spiro atoms. The van der Waals surface area contributed by atoms with E-state index in [2.05, 4.69) is 0 Å². The Morgan fingerprint density at radius 3 is 2.48 bits per heavy atom. The summed E-state index contributed by atoms with van der Waals surface area (Å²) in [5.41, 5.74) is 0.142. The Morgan fingerprint density at radius 2 is 1.76 bits per heavy atom. The molecule has 0 radical (unpaired) electrons. The highest BCUT2D eigenvalue weighted by molar-refractivity contribution is 5.97. The minimum Gasteiger partial charge on any atom is -0.294 e. The van der Waals surface area contributed by atoms with Crippen molar-refractivity contribution >= 4 is 5.78 Å². The number of hydrogen-bond acceptors (Lipinski definition) is 2. The molecule has 2 rings (SSSR count). The van der Waals surface area contributed by atoms with E-state index in [9.17, 15) is 18.0 Å². The normalized spacial score (nSPS) is 10.9. The van der Waals surface area contributed by atoms with Gasteiger partial charge >= 0.3 is 0 Å². The summed E-state index contributed by atoms with van der Waals surface area (Å²) in [6.45, 7) is 0.0735. The van der Waals surface area contributed by atoms with E-state index < -0.39 is 17.4 Å². The van der Waals surface area contributed by atoms with Gasteiger partial charge in [0.25, 0.3) is 0 Å². The van der Waals surface area contributed by atoms with Crippen LogP contribution in [-0.4, -0.2) is 24.3 Å². The number of halogens is 3. The lowest BCUT2D eigenvalue weighted by Crippen LogP contribution is -2.26. The average Bonchev–Trinajstić information content (AvgIpc) is 2.44. The molecule has 0 fully saturated rings. The predicted octanol–water partition coefficient (Wildman–Crippen LogP) is 3.42. The summed E-state index contributed by atoms with van der Waals surface area (Å²) < 4.78 is 40.1. The number of rotatable bonds is 5. The summed E-state index contributed by atoms with van der Waals surface area (Å²) in [6, 6.07) is 8.95. The highest BCUT2D eigenvalue weighted by Gasteiger charge is 2.15. The Labute approximate surface area is 120 Å². The summed E-state index contributed by atoms with van der Waals surface area (Å²) >= 11 is 0. The Hall–Kier alpha value is -2.14. The van der Waals surface area contributed by atoms with Crippen molar-refractivity contribution in [2.24, 2.45) is 0 Å². The number of Topliss-reactive ketones (excluding diaryl/α,β-unsaturated/α-hetero) is 1. The van der Waals surface area contributed by atoms with Crippen molar-refractivity contribution < 1.29 is 18.0 Å². The maximum absolute atomic E-state index is 13.5. The number of hydrogen-bond donors (Lipinski definition) is 0. The lowest BCUT2D eigenvalue weighted by atomic mass is 10.1. The molecule has 0 aromatic heterocycles. The van der Waals surface area contributed by atoms with Crippen LogP contribution in [0, 0.1) is 17.5 Å². The topological polar surface area (TPSA) is 20.3 Å². The number of nitrogens with zero attached hydrogens (tertiary/aromatic N) is 1. The van der Waals surface area contributed by atoms with Crippen molar-refractivity contribution in [2.75, 3.05) is 13.6 Å². The van der Waals surface area contributed by atoms with E-state index in [0.29, 0.717) is 5.56 Å². The van der Waals surface area contributed by atoms with Gasteiger partial charge in [0.2, 0.25) is 0 Å². The second kappa shape index (κ2) is 6.54. The van der Waals surface area contributed by atoms with Gasteiger partial charge in [-0.2, -0.15) is 0 Å². The van der Waals surface area contributed by atoms with Crippen molar-refractivity contribution in [1.82, 2.24) is 4.90 Å². The summed E-state index contributed by atoms with van der Waals surface area (Å²) in [4.78, 5) is 13.5. The summed E-state index contributed by atoms with van der Waals surface area (Å²) in [5.74, 6) is -2.35. The van der Waals surface area contributed by atoms with Crippen LogP contribution in [0.15, 0.2) is 42.5 Å². The van der Waals surface area contributed by atoms with Crippen molar-refractivity contribution in [3.05, 3.63) is 71.0 Å². The van der Waals surface area contributed by atoms with E-state index in [-0.39, 0.29) is 24.5 Å². The van der Waals surface area contributed by atoms with E-state index in [0.717, 1.165) is 18.2 Å². The molecule has 0 N–H and O–H groups in total. The molecule has 0 bridgehead atoms. The van der Waals surface area contributed by atoms with Gasteiger partial charge < -0.3 is 0 Å². The van der Waals surface area contributed by atoms with Crippen LogP contribution in [0.25, 0.3) is 0 Å². The largest absolute Gasteiger partial charge is 0.294 e. The molecule has 2 aromatic carbocycles. The maximum atomic E-state index is 13.5. The maximum Gasteiger partial charge on any atom is 0.179 e. The van der Waals surface area contributed by atoms with Gasteiger partial charge in [-0.25, -0.2) is 13.2 Å². The molecule has 0 aliphatic heterocycles. The van der Waals surface area contributed by atoms with Gasteiger partial charge in [0.15, 0.2) is 5.78 Å². The third-order valence-corrected chi connectivity index (χ3v) is 3.04. The van der Waals surface area contributed by atoms with Crippen LogP contribution in [-0.2, 0) is 6.54 Å². The first-order chi connectivity index (χ1) is 9.97. The Bertz CT molecular complexity index is 658. The number of carbonyl (C=O) groups is 1. The lowest BCUT2D eigenvalue weighted by Gasteiger charge is -2.16. The second-order valence-electron chi connectivity index (χ2n) is 4.81. The monoisotopic (exact) mass is 293 g/mol. The fourth-order valence-corrected chi connectivity index (χ4v) is 2.01. The molecule has 0 aliphatic rings. The molecule has 0 heterocycles. The van der Waals surface area contributed by atoms with Gasteiger partial charge in [0, 0.05) is 12.1 Å². The van der Waals surface area contributed by atoms with Crippen LogP contribution >= 0.6 is 0 Å². The lowest BCUT2D eigenvalue weighted by molar-refractivity contribution is 0.0938. The Kier molecular flexibility index (Phi) is 4.75. The molecule has 5 heteroatoms. The first kappa shape index (κ1) is 15.3. The standard InChI is InChI=1S/C16H14F3NO/c1-20(9-11-4-2-3-5-14(11)18)10-16(21)13-8-12(17)6-7-15(13)19/h2-8H,9-10H2,1H3. The fraction of sp³-hybridized carbons (Fsp3) is 0.188. The van der Waals surface area contributed by atoms with Crippen molar-refractivity contribution in [3.8, 4) is 0 Å². The number of benzene rings is 2. The minimum absolute atomic E-state index is 0.130. The zero-order valence-corrected chi connectivity index (χ0v) is 11.4. The van der Waals surface area contributed by atoms with E-state index in [4.69, 9.17) is 0 Å². The smallest absolute Gasteiger partial charge is 0.179 e. The van der Waals surface area contributed by atoms with E-state index in [1.54, 1.807) is 30.1 Å². The van der Waals surface area contributed by atoms with Gasteiger partial charge in [0.1, 0.15) is 17.5 Å². The Balaban J connectivity index is 2.06. The van der Waals surface area contributed by atoms with Crippen molar-refractivity contribution in [2.45, 2.75) is 6.54 Å². The van der Waals surface area contributed by atoms with Gasteiger partial charge in [-0.15, -0.1) is 0 Å². The van der Waals surface area contributed by atoms with Crippen LogP contribution in [0.1, 0.15) is 15.9 Å². The van der Waals surface area contributed by atoms with Gasteiger partial charge in [-0.3, -0.25) is 9.69 Å². The fourth-order valence-electron chi connectivity index (χ4n) is 2.01. The van der Waals surface area contributed by atoms with Gasteiger partial charge in [-0.05, 0) is 31.3 Å². The first-order valence-corrected chi connectivity index (χ1v) is 6.37. The quantitative estimate of drug-likeness (QED) is 0.787.